The van der Waals surface area contributed by atoms with Crippen LogP contribution in [0.1, 0.15) is 40.2 Å². The average Bonchev–Trinajstić information content (AvgIpc) is 3.50. The highest BCUT2D eigenvalue weighted by atomic mass is 19.1. The molecule has 5 aromatic rings. The molecule has 0 unspecified atom stereocenters. The number of benzene rings is 5. The molecule has 5 heteroatoms. The molecule has 41 heavy (non-hydrogen) atoms. The van der Waals surface area contributed by atoms with Crippen LogP contribution < -0.4 is 4.90 Å². The molecule has 0 aliphatic carbocycles. The Morgan fingerprint density at radius 1 is 0.659 bits per heavy atom. The molecule has 1 saturated heterocycles. The Morgan fingerprint density at radius 2 is 1.15 bits per heavy atom. The third-order valence-electron chi connectivity index (χ3n) is 8.38. The number of ether oxygens (including phenoxy) is 1. The molecule has 7 rings (SSSR count). The van der Waals surface area contributed by atoms with E-state index in [-0.39, 0.29) is 18.1 Å². The van der Waals surface area contributed by atoms with Gasteiger partial charge >= 0.3 is 5.97 Å². The van der Waals surface area contributed by atoms with E-state index < -0.39 is 23.0 Å². The van der Waals surface area contributed by atoms with E-state index >= 15 is 4.79 Å². The fourth-order valence-electron chi connectivity index (χ4n) is 6.72. The minimum absolute atomic E-state index is 0.00849. The molecule has 0 radical (unpaired) electrons. The molecule has 0 aromatic heterocycles. The third-order valence-corrected chi connectivity index (χ3v) is 8.38. The number of carbonyl (C=O) groups is 2. The van der Waals surface area contributed by atoms with Gasteiger partial charge in [-0.05, 0) is 40.5 Å². The van der Waals surface area contributed by atoms with Gasteiger partial charge in [-0.1, -0.05) is 121 Å². The Bertz CT molecular complexity index is 1640. The number of amides is 1. The minimum Gasteiger partial charge on any atom is -0.443 e. The smallest absolute Gasteiger partial charge is 0.308 e. The Labute approximate surface area is 237 Å². The highest BCUT2D eigenvalue weighted by molar-refractivity contribution is 6.12. The van der Waals surface area contributed by atoms with Crippen molar-refractivity contribution in [3.05, 3.63) is 173 Å². The van der Waals surface area contributed by atoms with Crippen molar-refractivity contribution in [3.8, 4) is 0 Å². The van der Waals surface area contributed by atoms with Crippen molar-refractivity contribution in [2.24, 2.45) is 0 Å². The SMILES string of the molecule is O=C1C[C@@H](c2ccc(F)cc2)[C@]2(O1)C(=O)N(C(c1ccccc1)(c1ccccc1)c1ccccc1)c1ccccc12. The summed E-state index contributed by atoms with van der Waals surface area (Å²) in [7, 11) is 0. The average molecular weight is 540 g/mol. The number of esters is 1. The monoisotopic (exact) mass is 539 g/mol. The summed E-state index contributed by atoms with van der Waals surface area (Å²) < 4.78 is 20.1. The highest BCUT2D eigenvalue weighted by Crippen LogP contribution is 2.59. The van der Waals surface area contributed by atoms with Crippen molar-refractivity contribution < 1.29 is 18.7 Å². The first-order valence-corrected chi connectivity index (χ1v) is 13.6. The lowest BCUT2D eigenvalue weighted by Gasteiger charge is -2.44. The van der Waals surface area contributed by atoms with Crippen molar-refractivity contribution in [2.45, 2.75) is 23.5 Å². The van der Waals surface area contributed by atoms with Gasteiger partial charge in [-0.2, -0.15) is 0 Å². The van der Waals surface area contributed by atoms with E-state index in [1.165, 1.54) is 12.1 Å². The zero-order valence-electron chi connectivity index (χ0n) is 22.1. The summed E-state index contributed by atoms with van der Waals surface area (Å²) >= 11 is 0. The van der Waals surface area contributed by atoms with E-state index in [0.717, 1.165) is 16.7 Å². The Hall–Kier alpha value is -5.03. The van der Waals surface area contributed by atoms with Crippen LogP contribution in [0.2, 0.25) is 0 Å². The van der Waals surface area contributed by atoms with Crippen LogP contribution >= 0.6 is 0 Å². The van der Waals surface area contributed by atoms with Crippen molar-refractivity contribution in [3.63, 3.8) is 0 Å². The van der Waals surface area contributed by atoms with Crippen LogP contribution in [0.25, 0.3) is 0 Å². The zero-order valence-corrected chi connectivity index (χ0v) is 22.1. The summed E-state index contributed by atoms with van der Waals surface area (Å²) in [6.07, 6.45) is 0.00849. The standard InChI is InChI=1S/C36H26FNO3/c37-29-22-20-25(21-23-29)31-24-33(39)41-36(31)30-18-10-11-19-32(30)38(34(36)40)35(26-12-4-1-5-13-26,27-14-6-2-7-15-27)28-16-8-3-9-17-28/h1-23,31H,24H2/t31-,36-/m0/s1. The Morgan fingerprint density at radius 3 is 1.68 bits per heavy atom. The van der Waals surface area contributed by atoms with Crippen molar-refractivity contribution in [2.75, 3.05) is 4.90 Å². The van der Waals surface area contributed by atoms with E-state index in [1.54, 1.807) is 12.1 Å². The van der Waals surface area contributed by atoms with Crippen LogP contribution in [0, 0.1) is 5.82 Å². The van der Waals surface area contributed by atoms with Gasteiger partial charge in [0.15, 0.2) is 0 Å². The number of para-hydroxylation sites is 1. The largest absolute Gasteiger partial charge is 0.443 e. The quantitative estimate of drug-likeness (QED) is 0.177. The molecule has 2 aliphatic heterocycles. The molecule has 0 bridgehead atoms. The normalized spacial score (nSPS) is 19.8. The molecule has 5 aromatic carbocycles. The summed E-state index contributed by atoms with van der Waals surface area (Å²) in [5.74, 6) is -1.82. The number of hydrogen-bond acceptors (Lipinski definition) is 3. The molecule has 1 spiro atoms. The maximum atomic E-state index is 15.3. The summed E-state index contributed by atoms with van der Waals surface area (Å²) in [5.41, 5.74) is 1.93. The van der Waals surface area contributed by atoms with Gasteiger partial charge in [0.1, 0.15) is 11.4 Å². The van der Waals surface area contributed by atoms with Crippen molar-refractivity contribution in [1.82, 2.24) is 0 Å². The second-order valence-corrected chi connectivity index (χ2v) is 10.5. The molecule has 2 atom stereocenters. The third kappa shape index (κ3) is 3.59. The van der Waals surface area contributed by atoms with E-state index in [4.69, 9.17) is 4.74 Å². The van der Waals surface area contributed by atoms with Gasteiger partial charge in [-0.15, -0.1) is 0 Å². The van der Waals surface area contributed by atoms with Gasteiger partial charge in [0.25, 0.3) is 5.91 Å². The fourth-order valence-corrected chi connectivity index (χ4v) is 6.72. The van der Waals surface area contributed by atoms with Gasteiger partial charge in [-0.3, -0.25) is 14.5 Å². The maximum absolute atomic E-state index is 15.3. The molecule has 2 aliphatic rings. The first-order valence-electron chi connectivity index (χ1n) is 13.6. The number of hydrogen-bond donors (Lipinski definition) is 0. The highest BCUT2D eigenvalue weighted by Gasteiger charge is 2.66. The van der Waals surface area contributed by atoms with Crippen LogP contribution in [0.4, 0.5) is 10.1 Å². The lowest BCUT2D eigenvalue weighted by atomic mass is 9.74. The van der Waals surface area contributed by atoms with Gasteiger partial charge in [0.2, 0.25) is 5.60 Å². The predicted molar refractivity (Wildman–Crippen MR) is 155 cm³/mol. The summed E-state index contributed by atoms with van der Waals surface area (Å²) in [4.78, 5) is 30.3. The van der Waals surface area contributed by atoms with Crippen molar-refractivity contribution >= 4 is 17.6 Å². The summed E-state index contributed by atoms with van der Waals surface area (Å²) in [6, 6.07) is 43.4. The number of anilines is 1. The second kappa shape index (κ2) is 9.56. The lowest BCUT2D eigenvalue weighted by molar-refractivity contribution is -0.158. The Kier molecular flexibility index (Phi) is 5.82. The molecule has 0 N–H and O–H groups in total. The fraction of sp³-hybridized carbons (Fsp3) is 0.111. The number of fused-ring (bicyclic) bond motifs is 2. The molecule has 1 fully saturated rings. The van der Waals surface area contributed by atoms with E-state index in [2.05, 4.69) is 0 Å². The van der Waals surface area contributed by atoms with E-state index in [1.807, 2.05) is 120 Å². The van der Waals surface area contributed by atoms with E-state index in [0.29, 0.717) is 16.8 Å². The number of nitrogens with zero attached hydrogens (tertiary/aromatic N) is 1. The zero-order chi connectivity index (χ0) is 28.0. The molecule has 2 heterocycles. The van der Waals surface area contributed by atoms with Crippen LogP contribution in [0.15, 0.2) is 140 Å². The summed E-state index contributed by atoms with van der Waals surface area (Å²) in [6.45, 7) is 0. The van der Waals surface area contributed by atoms with Gasteiger partial charge in [0.05, 0.1) is 12.1 Å². The molecule has 4 nitrogen and oxygen atoms in total. The van der Waals surface area contributed by atoms with Crippen LogP contribution in [-0.4, -0.2) is 11.9 Å². The minimum atomic E-state index is -1.60. The molecule has 1 amide bonds. The maximum Gasteiger partial charge on any atom is 0.308 e. The van der Waals surface area contributed by atoms with Gasteiger partial charge < -0.3 is 4.74 Å². The van der Waals surface area contributed by atoms with Crippen LogP contribution in [-0.2, 0) is 25.5 Å². The van der Waals surface area contributed by atoms with Gasteiger partial charge in [-0.25, -0.2) is 4.39 Å². The van der Waals surface area contributed by atoms with E-state index in [9.17, 15) is 9.18 Å². The first kappa shape index (κ1) is 25.0. The van der Waals surface area contributed by atoms with Crippen LogP contribution in [0.5, 0.6) is 0 Å². The van der Waals surface area contributed by atoms with Crippen LogP contribution in [0.3, 0.4) is 0 Å². The Balaban J connectivity index is 1.56. The number of carbonyl (C=O) groups excluding carboxylic acids is 2. The van der Waals surface area contributed by atoms with Gasteiger partial charge in [0, 0.05) is 11.5 Å². The molecule has 200 valence electrons. The number of halogens is 1. The number of rotatable bonds is 5. The van der Waals surface area contributed by atoms with Crippen molar-refractivity contribution in [1.29, 1.82) is 0 Å². The predicted octanol–water partition coefficient (Wildman–Crippen LogP) is 7.09. The second-order valence-electron chi connectivity index (χ2n) is 10.5. The molecular formula is C36H26FNO3. The topological polar surface area (TPSA) is 46.6 Å². The lowest BCUT2D eigenvalue weighted by Crippen LogP contribution is -2.54. The molecule has 0 saturated carbocycles. The first-order chi connectivity index (χ1) is 20.1. The summed E-state index contributed by atoms with van der Waals surface area (Å²) in [5, 5.41) is 0. The molecular weight excluding hydrogens is 513 g/mol.